The second-order valence-electron chi connectivity index (χ2n) is 8.99. The maximum atomic E-state index is 11.1. The Morgan fingerprint density at radius 1 is 0.872 bits per heavy atom. The van der Waals surface area contributed by atoms with E-state index in [9.17, 15) is 9.90 Å². The number of nitrogens with zero attached hydrogens (tertiary/aromatic N) is 4. The normalized spacial score (nSPS) is 11.0. The molecule has 39 heavy (non-hydrogen) atoms. The van der Waals surface area contributed by atoms with Gasteiger partial charge in [-0.2, -0.15) is 0 Å². The molecule has 0 aliphatic carbocycles. The maximum Gasteiger partial charge on any atom is 0.165 e. The first-order valence-electron chi connectivity index (χ1n) is 12.4. The van der Waals surface area contributed by atoms with E-state index in [1.165, 1.54) is 0 Å². The fraction of sp³-hybridized carbons (Fsp3) is 0.0323. The summed E-state index contributed by atoms with van der Waals surface area (Å²) in [7, 11) is 0. The van der Waals surface area contributed by atoms with Crippen LogP contribution >= 0.6 is 0 Å². The smallest absolute Gasteiger partial charge is 0.165 e. The van der Waals surface area contributed by atoms with Crippen molar-refractivity contribution in [1.82, 2.24) is 19.5 Å². The van der Waals surface area contributed by atoms with Gasteiger partial charge in [0.2, 0.25) is 0 Å². The standard InChI is InChI=1S/C31H24N6O2/c32-29-24(9-5-17-33-29)30-36-27-16-15-25(21-6-2-1-3-7-21)35-31(27)37(30)23-13-11-20(12-14-23)18-34-26-10-4-8-22(19-38)28(26)39/h1-17,19,34,39H,18H2,(H2,32,33). The van der Waals surface area contributed by atoms with Crippen molar-refractivity contribution < 1.29 is 9.90 Å². The third kappa shape index (κ3) is 4.55. The minimum Gasteiger partial charge on any atom is -0.505 e. The fourth-order valence-electron chi connectivity index (χ4n) is 4.52. The predicted octanol–water partition coefficient (Wildman–Crippen LogP) is 5.86. The molecule has 0 aliphatic heterocycles. The lowest BCUT2D eigenvalue weighted by Gasteiger charge is -2.13. The summed E-state index contributed by atoms with van der Waals surface area (Å²) in [4.78, 5) is 25.3. The Morgan fingerprint density at radius 2 is 1.69 bits per heavy atom. The Kier molecular flexibility index (Phi) is 6.18. The number of nitrogen functional groups attached to an aromatic ring is 1. The Hall–Kier alpha value is -5.50. The lowest BCUT2D eigenvalue weighted by atomic mass is 10.1. The second kappa shape index (κ2) is 10.1. The minimum atomic E-state index is -0.0620. The van der Waals surface area contributed by atoms with Crippen LogP contribution in [0.3, 0.4) is 0 Å². The van der Waals surface area contributed by atoms with E-state index in [1.54, 1.807) is 24.4 Å². The number of anilines is 2. The van der Waals surface area contributed by atoms with E-state index in [4.69, 9.17) is 15.7 Å². The molecule has 4 N–H and O–H groups in total. The van der Waals surface area contributed by atoms with E-state index in [2.05, 4.69) is 10.3 Å². The monoisotopic (exact) mass is 512 g/mol. The summed E-state index contributed by atoms with van der Waals surface area (Å²) in [5, 5.41) is 13.5. The molecule has 0 atom stereocenters. The van der Waals surface area contributed by atoms with Crippen molar-refractivity contribution in [3.63, 3.8) is 0 Å². The van der Waals surface area contributed by atoms with Crippen molar-refractivity contribution in [2.45, 2.75) is 6.54 Å². The summed E-state index contributed by atoms with van der Waals surface area (Å²) >= 11 is 0. The number of phenols is 1. The maximum absolute atomic E-state index is 11.1. The zero-order chi connectivity index (χ0) is 26.8. The van der Waals surface area contributed by atoms with Crippen molar-refractivity contribution in [3.8, 4) is 34.1 Å². The van der Waals surface area contributed by atoms with Gasteiger partial charge in [-0.25, -0.2) is 15.0 Å². The van der Waals surface area contributed by atoms with Gasteiger partial charge in [-0.3, -0.25) is 9.36 Å². The Bertz CT molecular complexity index is 1800. The molecule has 190 valence electrons. The lowest BCUT2D eigenvalue weighted by Crippen LogP contribution is -2.03. The van der Waals surface area contributed by atoms with Gasteiger partial charge >= 0.3 is 0 Å². The highest BCUT2D eigenvalue weighted by Gasteiger charge is 2.18. The highest BCUT2D eigenvalue weighted by Crippen LogP contribution is 2.32. The average Bonchev–Trinajstić information content (AvgIpc) is 3.36. The molecule has 8 nitrogen and oxygen atoms in total. The number of aromatic nitrogens is 4. The van der Waals surface area contributed by atoms with E-state index in [1.807, 2.05) is 83.4 Å². The van der Waals surface area contributed by atoms with Gasteiger partial charge in [0, 0.05) is 24.0 Å². The Morgan fingerprint density at radius 3 is 2.46 bits per heavy atom. The second-order valence-corrected chi connectivity index (χ2v) is 8.99. The molecular formula is C31H24N6O2. The van der Waals surface area contributed by atoms with Gasteiger partial charge in [0.05, 0.1) is 22.5 Å². The molecule has 0 saturated carbocycles. The third-order valence-electron chi connectivity index (χ3n) is 6.53. The molecule has 0 spiro atoms. The summed E-state index contributed by atoms with van der Waals surface area (Å²) < 4.78 is 1.99. The van der Waals surface area contributed by atoms with E-state index in [0.717, 1.165) is 28.0 Å². The topological polar surface area (TPSA) is 119 Å². The number of pyridine rings is 2. The number of nitrogens with two attached hydrogens (primary N) is 1. The number of benzene rings is 3. The quantitative estimate of drug-likeness (QED) is 0.181. The third-order valence-corrected chi connectivity index (χ3v) is 6.53. The first kappa shape index (κ1) is 23.9. The molecule has 0 aliphatic rings. The summed E-state index contributed by atoms with van der Waals surface area (Å²) in [5.41, 5.74) is 12.9. The molecular weight excluding hydrogens is 488 g/mol. The summed E-state index contributed by atoms with van der Waals surface area (Å²) in [5.74, 6) is 0.971. The molecule has 0 bridgehead atoms. The SMILES string of the molecule is Nc1ncccc1-c1nc2ccc(-c3ccccc3)nc2n1-c1ccc(CNc2cccc(C=O)c2O)cc1. The number of fused-ring (bicyclic) bond motifs is 1. The highest BCUT2D eigenvalue weighted by atomic mass is 16.3. The largest absolute Gasteiger partial charge is 0.505 e. The van der Waals surface area contributed by atoms with Crippen LogP contribution in [0, 0.1) is 0 Å². The molecule has 6 aromatic rings. The summed E-state index contributed by atoms with van der Waals surface area (Å²) in [6, 6.07) is 30.7. The number of para-hydroxylation sites is 1. The molecule has 0 radical (unpaired) electrons. The van der Waals surface area contributed by atoms with Crippen molar-refractivity contribution in [2.75, 3.05) is 11.1 Å². The first-order chi connectivity index (χ1) is 19.1. The van der Waals surface area contributed by atoms with Crippen LogP contribution in [0.4, 0.5) is 11.5 Å². The molecule has 3 heterocycles. The number of hydrogen-bond acceptors (Lipinski definition) is 7. The van der Waals surface area contributed by atoms with Crippen LogP contribution in [0.5, 0.6) is 5.75 Å². The number of imidazole rings is 1. The van der Waals surface area contributed by atoms with E-state index < -0.39 is 0 Å². The zero-order valence-electron chi connectivity index (χ0n) is 20.8. The van der Waals surface area contributed by atoms with Gasteiger partial charge in [0.25, 0.3) is 0 Å². The predicted molar refractivity (Wildman–Crippen MR) is 153 cm³/mol. The molecule has 0 fully saturated rings. The van der Waals surface area contributed by atoms with Gasteiger partial charge in [0.1, 0.15) is 17.1 Å². The van der Waals surface area contributed by atoms with Crippen LogP contribution in [0.15, 0.2) is 103 Å². The number of rotatable bonds is 7. The Balaban J connectivity index is 1.40. The lowest BCUT2D eigenvalue weighted by molar-refractivity contribution is 0.112. The molecule has 0 saturated heterocycles. The summed E-state index contributed by atoms with van der Waals surface area (Å²) in [6.07, 6.45) is 2.29. The van der Waals surface area contributed by atoms with Crippen molar-refractivity contribution in [2.24, 2.45) is 0 Å². The fourth-order valence-corrected chi connectivity index (χ4v) is 4.52. The first-order valence-corrected chi connectivity index (χ1v) is 12.4. The van der Waals surface area contributed by atoms with E-state index in [0.29, 0.717) is 41.4 Å². The molecule has 3 aromatic carbocycles. The number of nitrogens with one attached hydrogen (secondary N) is 1. The van der Waals surface area contributed by atoms with Crippen LogP contribution < -0.4 is 11.1 Å². The number of carbonyl (C=O) groups is 1. The van der Waals surface area contributed by atoms with E-state index in [-0.39, 0.29) is 11.3 Å². The zero-order valence-corrected chi connectivity index (χ0v) is 20.8. The van der Waals surface area contributed by atoms with E-state index >= 15 is 0 Å². The van der Waals surface area contributed by atoms with Gasteiger partial charge < -0.3 is 16.2 Å². The van der Waals surface area contributed by atoms with Crippen LogP contribution in [-0.4, -0.2) is 30.9 Å². The number of aldehydes is 1. The number of aromatic hydroxyl groups is 1. The summed E-state index contributed by atoms with van der Waals surface area (Å²) in [6.45, 7) is 0.458. The van der Waals surface area contributed by atoms with Crippen LogP contribution in [0.25, 0.3) is 39.5 Å². The van der Waals surface area contributed by atoms with Crippen molar-refractivity contribution in [1.29, 1.82) is 0 Å². The minimum absolute atomic E-state index is 0.0620. The molecule has 6 rings (SSSR count). The Labute approximate surface area is 224 Å². The molecule has 0 amide bonds. The number of phenolic OH excluding ortho intramolecular Hbond substituents is 1. The van der Waals surface area contributed by atoms with Crippen molar-refractivity contribution in [3.05, 3.63) is 114 Å². The van der Waals surface area contributed by atoms with Crippen LogP contribution in [0.1, 0.15) is 15.9 Å². The molecule has 0 unspecified atom stereocenters. The van der Waals surface area contributed by atoms with Crippen LogP contribution in [0.2, 0.25) is 0 Å². The highest BCUT2D eigenvalue weighted by molar-refractivity contribution is 5.85. The average molecular weight is 513 g/mol. The van der Waals surface area contributed by atoms with Gasteiger partial charge in [-0.1, -0.05) is 48.5 Å². The van der Waals surface area contributed by atoms with Crippen LogP contribution in [-0.2, 0) is 6.54 Å². The van der Waals surface area contributed by atoms with Gasteiger partial charge in [-0.15, -0.1) is 0 Å². The van der Waals surface area contributed by atoms with Gasteiger partial charge in [-0.05, 0) is 54.1 Å². The number of hydrogen-bond donors (Lipinski definition) is 3. The molecule has 3 aromatic heterocycles. The number of carbonyl (C=O) groups excluding carboxylic acids is 1. The van der Waals surface area contributed by atoms with Crippen molar-refractivity contribution >= 4 is 29.0 Å². The van der Waals surface area contributed by atoms with Gasteiger partial charge in [0.15, 0.2) is 17.8 Å². The molecule has 8 heteroatoms.